The van der Waals surface area contributed by atoms with E-state index < -0.39 is 6.04 Å². The summed E-state index contributed by atoms with van der Waals surface area (Å²) in [4.78, 5) is 28.7. The minimum absolute atomic E-state index is 0.0426. The van der Waals surface area contributed by atoms with Gasteiger partial charge >= 0.3 is 0 Å². The number of nitrogens with zero attached hydrogens (tertiary/aromatic N) is 1. The highest BCUT2D eigenvalue weighted by atomic mass is 35.5. The first-order valence-electron chi connectivity index (χ1n) is 10.2. The summed E-state index contributed by atoms with van der Waals surface area (Å²) in [5.74, 6) is -0.151. The van der Waals surface area contributed by atoms with E-state index in [2.05, 4.69) is 0 Å². The molecule has 0 saturated carbocycles. The van der Waals surface area contributed by atoms with Crippen molar-refractivity contribution >= 4 is 28.5 Å². The van der Waals surface area contributed by atoms with E-state index in [4.69, 9.17) is 20.8 Å². The van der Waals surface area contributed by atoms with Gasteiger partial charge in [0.25, 0.3) is 5.91 Å². The first-order chi connectivity index (χ1) is 14.4. The molecule has 2 aromatic carbocycles. The number of carbonyl (C=O) groups is 1. The molecular weight excluding hydrogens is 402 g/mol. The minimum Gasteiger partial charge on any atom is -0.450 e. The first kappa shape index (κ1) is 19.3. The Bertz CT molecular complexity index is 1230. The van der Waals surface area contributed by atoms with E-state index in [-0.39, 0.29) is 23.2 Å². The van der Waals surface area contributed by atoms with E-state index in [1.807, 2.05) is 38.1 Å². The van der Waals surface area contributed by atoms with Crippen LogP contribution >= 0.6 is 11.6 Å². The van der Waals surface area contributed by atoms with E-state index in [0.29, 0.717) is 34.7 Å². The fraction of sp³-hybridized carbons (Fsp3) is 0.333. The predicted octanol–water partition coefficient (Wildman–Crippen LogP) is 4.79. The maximum absolute atomic E-state index is 13.6. The summed E-state index contributed by atoms with van der Waals surface area (Å²) < 4.78 is 11.8. The smallest absolute Gasteiger partial charge is 0.291 e. The van der Waals surface area contributed by atoms with Gasteiger partial charge in [-0.3, -0.25) is 9.59 Å². The van der Waals surface area contributed by atoms with Crippen molar-refractivity contribution in [2.24, 2.45) is 0 Å². The second-order valence-corrected chi connectivity index (χ2v) is 8.59. The lowest BCUT2D eigenvalue weighted by molar-refractivity contribution is 0.0486. The molecule has 0 bridgehead atoms. The number of hydrogen-bond acceptors (Lipinski definition) is 4. The molecule has 0 spiro atoms. The van der Waals surface area contributed by atoms with Gasteiger partial charge in [0.05, 0.1) is 23.1 Å². The van der Waals surface area contributed by atoms with Crippen LogP contribution in [0.5, 0.6) is 0 Å². The Balaban J connectivity index is 1.73. The number of aryl methyl sites for hydroxylation is 2. The molecule has 154 valence electrons. The summed E-state index contributed by atoms with van der Waals surface area (Å²) in [6, 6.07) is 10.4. The minimum atomic E-state index is -0.544. The maximum Gasteiger partial charge on any atom is 0.291 e. The normalized spacial score (nSPS) is 20.9. The Morgan fingerprint density at radius 2 is 1.93 bits per heavy atom. The quantitative estimate of drug-likeness (QED) is 0.607. The van der Waals surface area contributed by atoms with Crippen LogP contribution in [0.15, 0.2) is 45.6 Å². The molecule has 2 unspecified atom stereocenters. The zero-order chi connectivity index (χ0) is 21.0. The fourth-order valence-corrected chi connectivity index (χ4v) is 4.69. The van der Waals surface area contributed by atoms with Gasteiger partial charge in [-0.15, -0.1) is 0 Å². The second kappa shape index (κ2) is 7.25. The molecule has 1 amide bonds. The van der Waals surface area contributed by atoms with E-state index in [9.17, 15) is 9.59 Å². The SMILES string of the molecule is Cc1cc2oc3c(c(=O)c2cc1C)C(c1cccc(Cl)c1)N(CC1CCCO1)C3=O. The average Bonchev–Trinajstić information content (AvgIpc) is 3.32. The van der Waals surface area contributed by atoms with Gasteiger partial charge in [0.15, 0.2) is 5.43 Å². The molecule has 3 heterocycles. The van der Waals surface area contributed by atoms with Crippen LogP contribution < -0.4 is 5.43 Å². The first-order valence-corrected chi connectivity index (χ1v) is 10.6. The van der Waals surface area contributed by atoms with Crippen LogP contribution in [0.2, 0.25) is 5.02 Å². The van der Waals surface area contributed by atoms with Crippen molar-refractivity contribution in [1.29, 1.82) is 0 Å². The molecule has 30 heavy (non-hydrogen) atoms. The van der Waals surface area contributed by atoms with Crippen LogP contribution in [0.25, 0.3) is 11.0 Å². The van der Waals surface area contributed by atoms with Crippen molar-refractivity contribution in [2.45, 2.75) is 38.8 Å². The molecule has 1 fully saturated rings. The number of halogens is 1. The van der Waals surface area contributed by atoms with Crippen LogP contribution in [-0.4, -0.2) is 30.1 Å². The molecule has 0 radical (unpaired) electrons. The molecule has 2 aliphatic heterocycles. The molecule has 0 aliphatic carbocycles. The van der Waals surface area contributed by atoms with Gasteiger partial charge in [0.2, 0.25) is 5.76 Å². The lowest BCUT2D eigenvalue weighted by atomic mass is 9.97. The molecule has 1 saturated heterocycles. The number of ether oxygens (including phenoxy) is 1. The molecule has 5 rings (SSSR count). The summed E-state index contributed by atoms with van der Waals surface area (Å²) >= 11 is 6.25. The van der Waals surface area contributed by atoms with Crippen LogP contribution in [0, 0.1) is 13.8 Å². The average molecular weight is 424 g/mol. The highest BCUT2D eigenvalue weighted by Crippen LogP contribution is 2.39. The van der Waals surface area contributed by atoms with Gasteiger partial charge < -0.3 is 14.1 Å². The molecular formula is C24H22ClNO4. The van der Waals surface area contributed by atoms with Gasteiger partial charge in [-0.2, -0.15) is 0 Å². The highest BCUT2D eigenvalue weighted by molar-refractivity contribution is 6.30. The largest absolute Gasteiger partial charge is 0.450 e. The topological polar surface area (TPSA) is 59.8 Å². The Labute approximate surface area is 179 Å². The summed E-state index contributed by atoms with van der Waals surface area (Å²) in [5.41, 5.74) is 3.48. The molecule has 2 atom stereocenters. The summed E-state index contributed by atoms with van der Waals surface area (Å²) in [7, 11) is 0. The molecule has 5 nitrogen and oxygen atoms in total. The maximum atomic E-state index is 13.6. The van der Waals surface area contributed by atoms with Crippen LogP contribution in [-0.2, 0) is 4.74 Å². The summed E-state index contributed by atoms with van der Waals surface area (Å²) in [6.45, 7) is 5.03. The van der Waals surface area contributed by atoms with E-state index in [1.165, 1.54) is 0 Å². The van der Waals surface area contributed by atoms with Crippen molar-refractivity contribution in [3.63, 3.8) is 0 Å². The summed E-state index contributed by atoms with van der Waals surface area (Å²) in [6.07, 6.45) is 1.82. The van der Waals surface area contributed by atoms with Crippen molar-refractivity contribution in [2.75, 3.05) is 13.2 Å². The number of benzene rings is 2. The highest BCUT2D eigenvalue weighted by Gasteiger charge is 2.44. The third kappa shape index (κ3) is 3.04. The molecule has 2 aliphatic rings. The predicted molar refractivity (Wildman–Crippen MR) is 115 cm³/mol. The second-order valence-electron chi connectivity index (χ2n) is 8.16. The number of carbonyl (C=O) groups excluding carboxylic acids is 1. The fourth-order valence-electron chi connectivity index (χ4n) is 4.49. The molecule has 6 heteroatoms. The zero-order valence-electron chi connectivity index (χ0n) is 16.9. The Morgan fingerprint density at radius 1 is 1.13 bits per heavy atom. The molecule has 0 N–H and O–H groups in total. The zero-order valence-corrected chi connectivity index (χ0v) is 17.7. The van der Waals surface area contributed by atoms with Crippen molar-refractivity contribution in [1.82, 2.24) is 4.90 Å². The monoisotopic (exact) mass is 423 g/mol. The molecule has 3 aromatic rings. The van der Waals surface area contributed by atoms with Gasteiger partial charge in [-0.25, -0.2) is 0 Å². The van der Waals surface area contributed by atoms with Crippen molar-refractivity contribution < 1.29 is 13.9 Å². The Kier molecular flexibility index (Phi) is 4.68. The van der Waals surface area contributed by atoms with E-state index in [1.54, 1.807) is 17.0 Å². The van der Waals surface area contributed by atoms with Crippen LogP contribution in [0.4, 0.5) is 0 Å². The van der Waals surface area contributed by atoms with Crippen LogP contribution in [0.1, 0.15) is 51.7 Å². The summed E-state index contributed by atoms with van der Waals surface area (Å²) in [5, 5.41) is 1.05. The lowest BCUT2D eigenvalue weighted by Crippen LogP contribution is -2.36. The third-order valence-electron chi connectivity index (χ3n) is 6.17. The third-order valence-corrected chi connectivity index (χ3v) is 6.41. The Hall–Kier alpha value is -2.63. The number of hydrogen-bond donors (Lipinski definition) is 0. The van der Waals surface area contributed by atoms with Crippen molar-refractivity contribution in [3.05, 3.63) is 79.7 Å². The molecule has 1 aromatic heterocycles. The lowest BCUT2D eigenvalue weighted by Gasteiger charge is -2.27. The van der Waals surface area contributed by atoms with E-state index >= 15 is 0 Å². The number of rotatable bonds is 3. The van der Waals surface area contributed by atoms with Gasteiger partial charge in [0.1, 0.15) is 5.58 Å². The number of fused-ring (bicyclic) bond motifs is 2. The van der Waals surface area contributed by atoms with Gasteiger partial charge in [-0.05, 0) is 67.6 Å². The van der Waals surface area contributed by atoms with Gasteiger partial charge in [0, 0.05) is 18.2 Å². The number of amides is 1. The van der Waals surface area contributed by atoms with Crippen molar-refractivity contribution in [3.8, 4) is 0 Å². The van der Waals surface area contributed by atoms with E-state index in [0.717, 1.165) is 29.5 Å². The van der Waals surface area contributed by atoms with Crippen LogP contribution in [0.3, 0.4) is 0 Å². The van der Waals surface area contributed by atoms with Gasteiger partial charge in [-0.1, -0.05) is 23.7 Å². The Morgan fingerprint density at radius 3 is 2.67 bits per heavy atom. The standard InChI is InChI=1S/C24H22ClNO4/c1-13-9-18-19(10-14(13)2)30-23-20(22(18)27)21(15-5-3-6-16(25)11-15)26(24(23)28)12-17-7-4-8-29-17/h3,5-6,9-11,17,21H,4,7-8,12H2,1-2H3.